The van der Waals surface area contributed by atoms with Gasteiger partial charge in [0.2, 0.25) is 15.9 Å². The average molecular weight is 467 g/mol. The van der Waals surface area contributed by atoms with Crippen molar-refractivity contribution in [2.75, 3.05) is 38.3 Å². The van der Waals surface area contributed by atoms with Crippen molar-refractivity contribution in [3.05, 3.63) is 50.7 Å². The first-order valence-electron chi connectivity index (χ1n) is 10.1. The van der Waals surface area contributed by atoms with Crippen LogP contribution in [0.2, 0.25) is 0 Å². The minimum Gasteiger partial charge on any atom is -0.383 e. The number of nitrogen functional groups attached to an aromatic ring is 1. The maximum Gasteiger partial charge on any atom is 0.330 e. The molecule has 12 heteroatoms. The van der Waals surface area contributed by atoms with E-state index in [1.807, 2.05) is 6.92 Å². The summed E-state index contributed by atoms with van der Waals surface area (Å²) in [7, 11) is 0.706. The topological polar surface area (TPSA) is 151 Å². The molecule has 1 aromatic carbocycles. The molecule has 1 amide bonds. The molecular weight excluding hydrogens is 436 g/mol. The number of hydrogen-bond donors (Lipinski definition) is 3. The van der Waals surface area contributed by atoms with Gasteiger partial charge in [-0.2, -0.15) is 0 Å². The van der Waals surface area contributed by atoms with Gasteiger partial charge in [-0.3, -0.25) is 19.1 Å². The molecule has 1 aromatic heterocycles. The van der Waals surface area contributed by atoms with Crippen molar-refractivity contribution in [1.82, 2.24) is 19.2 Å². The van der Waals surface area contributed by atoms with E-state index in [0.29, 0.717) is 18.5 Å². The van der Waals surface area contributed by atoms with Crippen LogP contribution in [0.5, 0.6) is 0 Å². The number of carbonyl (C=O) groups excluding carboxylic acids is 1. The number of carbonyl (C=O) groups is 1. The molecule has 0 saturated carbocycles. The number of amides is 1. The molecule has 0 aliphatic carbocycles. The lowest BCUT2D eigenvalue weighted by Crippen LogP contribution is -2.41. The van der Waals surface area contributed by atoms with Crippen molar-refractivity contribution < 1.29 is 13.2 Å². The minimum atomic E-state index is -3.67. The van der Waals surface area contributed by atoms with Gasteiger partial charge in [-0.25, -0.2) is 17.5 Å². The van der Waals surface area contributed by atoms with Crippen LogP contribution in [0.3, 0.4) is 0 Å². The van der Waals surface area contributed by atoms with Crippen molar-refractivity contribution in [2.24, 2.45) is 0 Å². The lowest BCUT2D eigenvalue weighted by atomic mass is 10.2. The summed E-state index contributed by atoms with van der Waals surface area (Å²) in [6.07, 6.45) is 1.54. The lowest BCUT2D eigenvalue weighted by molar-refractivity contribution is -0.119. The van der Waals surface area contributed by atoms with Crippen LogP contribution in [0.25, 0.3) is 0 Å². The first-order valence-corrected chi connectivity index (χ1v) is 11.6. The van der Waals surface area contributed by atoms with Crippen molar-refractivity contribution in [3.63, 3.8) is 0 Å². The third-order valence-electron chi connectivity index (χ3n) is 4.92. The molecule has 0 bridgehead atoms. The van der Waals surface area contributed by atoms with Gasteiger partial charge in [-0.1, -0.05) is 31.5 Å². The zero-order valence-electron chi connectivity index (χ0n) is 18.7. The SMILES string of the molecule is CCCCn1c(N)c(N(C)CC(=O)NCc2ccccc2S(=O)(=O)N(C)C)c(=O)[nH]c1=O. The van der Waals surface area contributed by atoms with Gasteiger partial charge in [0.25, 0.3) is 5.56 Å². The number of nitrogens with zero attached hydrogens (tertiary/aromatic N) is 3. The Morgan fingerprint density at radius 1 is 1.19 bits per heavy atom. The first-order chi connectivity index (χ1) is 15.0. The van der Waals surface area contributed by atoms with Gasteiger partial charge < -0.3 is 16.0 Å². The van der Waals surface area contributed by atoms with Crippen LogP contribution in [0.4, 0.5) is 11.5 Å². The van der Waals surface area contributed by atoms with Gasteiger partial charge in [0, 0.05) is 34.2 Å². The van der Waals surface area contributed by atoms with E-state index in [-0.39, 0.29) is 29.5 Å². The second-order valence-corrected chi connectivity index (χ2v) is 9.65. The number of H-pyrrole nitrogens is 1. The highest BCUT2D eigenvalue weighted by Crippen LogP contribution is 2.18. The Hall–Kier alpha value is -3.12. The van der Waals surface area contributed by atoms with Gasteiger partial charge in [0.05, 0.1) is 11.4 Å². The predicted molar refractivity (Wildman–Crippen MR) is 123 cm³/mol. The highest BCUT2D eigenvalue weighted by molar-refractivity contribution is 7.89. The van der Waals surface area contributed by atoms with E-state index in [0.717, 1.165) is 10.7 Å². The quantitative estimate of drug-likeness (QED) is 0.443. The molecular formula is C20H30N6O5S. The van der Waals surface area contributed by atoms with Crippen molar-refractivity contribution in [2.45, 2.75) is 37.8 Å². The number of hydrogen-bond acceptors (Lipinski definition) is 7. The summed E-state index contributed by atoms with van der Waals surface area (Å²) in [6, 6.07) is 6.38. The summed E-state index contributed by atoms with van der Waals surface area (Å²) < 4.78 is 27.4. The summed E-state index contributed by atoms with van der Waals surface area (Å²) >= 11 is 0. The molecule has 0 fully saturated rings. The van der Waals surface area contributed by atoms with Gasteiger partial charge in [-0.05, 0) is 18.1 Å². The van der Waals surface area contributed by atoms with Gasteiger partial charge in [-0.15, -0.1) is 0 Å². The third-order valence-corrected chi connectivity index (χ3v) is 6.83. The number of anilines is 2. The number of nitrogens with one attached hydrogen (secondary N) is 2. The monoisotopic (exact) mass is 466 g/mol. The Bertz CT molecular complexity index is 1190. The van der Waals surface area contributed by atoms with Gasteiger partial charge in [0.15, 0.2) is 0 Å². The molecule has 0 aliphatic rings. The maximum absolute atomic E-state index is 12.5. The van der Waals surface area contributed by atoms with E-state index < -0.39 is 27.2 Å². The normalized spacial score (nSPS) is 11.5. The molecule has 4 N–H and O–H groups in total. The number of likely N-dealkylation sites (N-methyl/N-ethyl adjacent to an activating group) is 1. The van der Waals surface area contributed by atoms with Crippen LogP contribution >= 0.6 is 0 Å². The maximum atomic E-state index is 12.5. The molecule has 1 heterocycles. The number of rotatable bonds is 10. The molecule has 0 radical (unpaired) electrons. The van der Waals surface area contributed by atoms with Crippen LogP contribution in [0.1, 0.15) is 25.3 Å². The van der Waals surface area contributed by atoms with Crippen molar-refractivity contribution >= 4 is 27.4 Å². The number of aromatic nitrogens is 2. The van der Waals surface area contributed by atoms with E-state index in [1.54, 1.807) is 18.2 Å². The van der Waals surface area contributed by atoms with E-state index in [2.05, 4.69) is 10.3 Å². The predicted octanol–water partition coefficient (Wildman–Crippen LogP) is -0.0782. The van der Waals surface area contributed by atoms with Crippen molar-refractivity contribution in [3.8, 4) is 0 Å². The number of nitrogens with two attached hydrogens (primary N) is 1. The minimum absolute atomic E-state index is 0.00933. The van der Waals surface area contributed by atoms with Gasteiger partial charge in [0.1, 0.15) is 11.5 Å². The molecule has 2 aromatic rings. The number of benzene rings is 1. The second-order valence-electron chi connectivity index (χ2n) is 7.53. The van der Waals surface area contributed by atoms with E-state index in [1.165, 1.54) is 36.7 Å². The summed E-state index contributed by atoms with van der Waals surface area (Å²) in [5.41, 5.74) is 5.24. The number of unbranched alkanes of at least 4 members (excludes halogenated alkanes) is 1. The van der Waals surface area contributed by atoms with E-state index in [4.69, 9.17) is 5.73 Å². The second kappa shape index (κ2) is 10.5. The van der Waals surface area contributed by atoms with Gasteiger partial charge >= 0.3 is 5.69 Å². The molecule has 11 nitrogen and oxygen atoms in total. The summed E-state index contributed by atoms with van der Waals surface area (Å²) in [5.74, 6) is -0.459. The first kappa shape index (κ1) is 25.1. The fourth-order valence-electron chi connectivity index (χ4n) is 3.13. The van der Waals surface area contributed by atoms with Crippen molar-refractivity contribution in [1.29, 1.82) is 0 Å². The zero-order valence-corrected chi connectivity index (χ0v) is 19.5. The molecule has 176 valence electrons. The summed E-state index contributed by atoms with van der Waals surface area (Å²) in [5, 5.41) is 2.67. The Labute approximate surface area is 186 Å². The van der Waals surface area contributed by atoms with Crippen LogP contribution in [0, 0.1) is 0 Å². The van der Waals surface area contributed by atoms with Crippen LogP contribution in [0.15, 0.2) is 38.8 Å². The van der Waals surface area contributed by atoms with Crippen LogP contribution in [-0.4, -0.2) is 55.9 Å². The molecule has 0 saturated heterocycles. The average Bonchev–Trinajstić information content (AvgIpc) is 2.71. The zero-order chi connectivity index (χ0) is 24.1. The fourth-order valence-corrected chi connectivity index (χ4v) is 4.24. The smallest absolute Gasteiger partial charge is 0.330 e. The molecule has 0 atom stereocenters. The Morgan fingerprint density at radius 2 is 1.84 bits per heavy atom. The largest absolute Gasteiger partial charge is 0.383 e. The Morgan fingerprint density at radius 3 is 2.47 bits per heavy atom. The Kier molecular flexibility index (Phi) is 8.22. The highest BCUT2D eigenvalue weighted by atomic mass is 32.2. The summed E-state index contributed by atoms with van der Waals surface area (Å²) in [4.78, 5) is 40.6. The lowest BCUT2D eigenvalue weighted by Gasteiger charge is -2.21. The standard InChI is InChI=1S/C20H30N6O5S/c1-5-6-11-26-18(21)17(19(28)23-20(26)29)25(4)13-16(27)22-12-14-9-7-8-10-15(14)32(30,31)24(2)3/h7-10H,5-6,11-13,21H2,1-4H3,(H,22,27)(H,23,28,29). The molecule has 0 aliphatic heterocycles. The fraction of sp³-hybridized carbons (Fsp3) is 0.450. The van der Waals surface area contributed by atoms with E-state index in [9.17, 15) is 22.8 Å². The van der Waals surface area contributed by atoms with Crippen LogP contribution in [-0.2, 0) is 27.9 Å². The highest BCUT2D eigenvalue weighted by Gasteiger charge is 2.22. The number of aromatic amines is 1. The van der Waals surface area contributed by atoms with E-state index >= 15 is 0 Å². The van der Waals surface area contributed by atoms with Crippen LogP contribution < -0.4 is 27.2 Å². The molecule has 2 rings (SSSR count). The summed E-state index contributed by atoms with van der Waals surface area (Å²) in [6.45, 7) is 2.08. The third kappa shape index (κ3) is 5.56. The Balaban J connectivity index is 2.18. The molecule has 0 unspecified atom stereocenters. The molecule has 0 spiro atoms. The molecule has 32 heavy (non-hydrogen) atoms. The number of sulfonamides is 1.